The van der Waals surface area contributed by atoms with Crippen LogP contribution < -0.4 is 0 Å². The van der Waals surface area contributed by atoms with Gasteiger partial charge in [-0.15, -0.1) is 11.6 Å². The zero-order valence-electron chi connectivity index (χ0n) is 10.3. The van der Waals surface area contributed by atoms with Crippen LogP contribution in [0.25, 0.3) is 11.0 Å². The van der Waals surface area contributed by atoms with Gasteiger partial charge in [0.05, 0.1) is 11.0 Å². The number of hydrogen-bond acceptors (Lipinski definition) is 1. The summed E-state index contributed by atoms with van der Waals surface area (Å²) < 4.78 is 3.51. The van der Waals surface area contributed by atoms with Gasteiger partial charge in [-0.05, 0) is 61.6 Å². The predicted molar refractivity (Wildman–Crippen MR) is 81.9 cm³/mol. The van der Waals surface area contributed by atoms with Gasteiger partial charge in [0.2, 0.25) is 0 Å². The van der Waals surface area contributed by atoms with E-state index in [4.69, 9.17) is 16.6 Å². The van der Waals surface area contributed by atoms with E-state index in [2.05, 4.69) is 66.1 Å². The van der Waals surface area contributed by atoms with Gasteiger partial charge in [-0.1, -0.05) is 0 Å². The molecule has 4 heteroatoms. The molecule has 1 aromatic heterocycles. The molecule has 0 atom stereocenters. The van der Waals surface area contributed by atoms with Gasteiger partial charge in [-0.2, -0.15) is 0 Å². The maximum absolute atomic E-state index is 5.86. The zero-order chi connectivity index (χ0) is 12.6. The van der Waals surface area contributed by atoms with E-state index in [9.17, 15) is 0 Å². The van der Waals surface area contributed by atoms with Crippen LogP contribution in [0.3, 0.4) is 0 Å². The Balaban J connectivity index is 2.71. The Morgan fingerprint density at radius 3 is 2.65 bits per heavy atom. The third kappa shape index (κ3) is 2.60. The number of alkyl halides is 1. The molecule has 0 unspecified atom stereocenters. The first-order valence-electron chi connectivity index (χ1n) is 5.67. The van der Waals surface area contributed by atoms with Crippen molar-refractivity contribution in [1.82, 2.24) is 9.55 Å². The van der Waals surface area contributed by atoms with Crippen LogP contribution in [-0.4, -0.2) is 15.4 Å². The summed E-state index contributed by atoms with van der Waals surface area (Å²) in [7, 11) is 0. The Bertz CT molecular complexity index is 540. The van der Waals surface area contributed by atoms with Crippen LogP contribution in [0.2, 0.25) is 0 Å². The summed E-state index contributed by atoms with van der Waals surface area (Å²) >= 11 is 8.18. The van der Waals surface area contributed by atoms with Crippen molar-refractivity contribution < 1.29 is 0 Å². The van der Waals surface area contributed by atoms with Crippen molar-refractivity contribution in [3.8, 4) is 0 Å². The number of fused-ring (bicyclic) bond motifs is 1. The number of hydrogen-bond donors (Lipinski definition) is 0. The quantitative estimate of drug-likeness (QED) is 0.579. The van der Waals surface area contributed by atoms with Gasteiger partial charge in [-0.25, -0.2) is 4.98 Å². The van der Waals surface area contributed by atoms with Crippen molar-refractivity contribution >= 4 is 45.2 Å². The van der Waals surface area contributed by atoms with Gasteiger partial charge in [0.15, 0.2) is 0 Å². The topological polar surface area (TPSA) is 17.8 Å². The minimum atomic E-state index is 0.0307. The Hall–Kier alpha value is -0.290. The lowest BCUT2D eigenvalue weighted by Crippen LogP contribution is -2.24. The first-order chi connectivity index (χ1) is 7.93. The van der Waals surface area contributed by atoms with Crippen LogP contribution in [0.5, 0.6) is 0 Å². The Kier molecular flexibility index (Phi) is 3.69. The molecule has 92 valence electrons. The number of imidazole rings is 1. The molecule has 0 aliphatic carbocycles. The molecule has 17 heavy (non-hydrogen) atoms. The van der Waals surface area contributed by atoms with Crippen molar-refractivity contribution in [2.24, 2.45) is 0 Å². The van der Waals surface area contributed by atoms with Crippen molar-refractivity contribution in [1.29, 1.82) is 0 Å². The molecule has 0 saturated carbocycles. The highest BCUT2D eigenvalue weighted by molar-refractivity contribution is 14.1. The van der Waals surface area contributed by atoms with E-state index in [1.54, 1.807) is 0 Å². The minimum absolute atomic E-state index is 0.0307. The predicted octanol–water partition coefficient (Wildman–Crippen LogP) is 4.18. The molecule has 0 aliphatic rings. The second kappa shape index (κ2) is 4.76. The van der Waals surface area contributed by atoms with Gasteiger partial charge in [0.25, 0.3) is 0 Å². The molecule has 1 aromatic carbocycles. The SMILES string of the molecule is CC(C)(C)n1c(CCCl)nc2cc(I)ccc21. The van der Waals surface area contributed by atoms with E-state index in [0.29, 0.717) is 5.88 Å². The maximum Gasteiger partial charge on any atom is 0.111 e. The summed E-state index contributed by atoms with van der Waals surface area (Å²) in [6.07, 6.45) is 0.810. The largest absolute Gasteiger partial charge is 0.323 e. The Morgan fingerprint density at radius 1 is 1.35 bits per heavy atom. The smallest absolute Gasteiger partial charge is 0.111 e. The number of nitrogens with zero attached hydrogens (tertiary/aromatic N) is 2. The molecule has 0 N–H and O–H groups in total. The van der Waals surface area contributed by atoms with Crippen molar-refractivity contribution in [3.05, 3.63) is 27.6 Å². The van der Waals surface area contributed by atoms with Crippen LogP contribution in [-0.2, 0) is 12.0 Å². The summed E-state index contributed by atoms with van der Waals surface area (Å²) in [5.41, 5.74) is 2.29. The number of halogens is 2. The Morgan fingerprint density at radius 2 is 2.06 bits per heavy atom. The molecule has 0 radical (unpaired) electrons. The lowest BCUT2D eigenvalue weighted by molar-refractivity contribution is 0.395. The fraction of sp³-hybridized carbons (Fsp3) is 0.462. The summed E-state index contributed by atoms with van der Waals surface area (Å²) in [6.45, 7) is 6.59. The molecule has 1 heterocycles. The van der Waals surface area contributed by atoms with Gasteiger partial charge < -0.3 is 4.57 Å². The van der Waals surface area contributed by atoms with E-state index >= 15 is 0 Å². The standard InChI is InChI=1S/C13H16ClIN2/c1-13(2,3)17-11-5-4-9(15)8-10(11)16-12(17)6-7-14/h4-5,8H,6-7H2,1-3H3. The van der Waals surface area contributed by atoms with Gasteiger partial charge in [0, 0.05) is 21.4 Å². The minimum Gasteiger partial charge on any atom is -0.323 e. The van der Waals surface area contributed by atoms with E-state index in [-0.39, 0.29) is 5.54 Å². The number of rotatable bonds is 2. The second-order valence-electron chi connectivity index (χ2n) is 5.11. The molecular formula is C13H16ClIN2. The lowest BCUT2D eigenvalue weighted by atomic mass is 10.1. The maximum atomic E-state index is 5.86. The first kappa shape index (κ1) is 13.1. The van der Waals surface area contributed by atoms with Crippen LogP contribution in [0, 0.1) is 3.57 Å². The normalized spacial score (nSPS) is 12.3. The van der Waals surface area contributed by atoms with Gasteiger partial charge >= 0.3 is 0 Å². The molecule has 2 rings (SSSR count). The average molecular weight is 363 g/mol. The molecule has 0 fully saturated rings. The summed E-state index contributed by atoms with van der Waals surface area (Å²) in [4.78, 5) is 4.70. The van der Waals surface area contributed by atoms with Crippen LogP contribution in [0.1, 0.15) is 26.6 Å². The summed E-state index contributed by atoms with van der Waals surface area (Å²) in [6, 6.07) is 6.39. The van der Waals surface area contributed by atoms with Crippen molar-refractivity contribution in [2.75, 3.05) is 5.88 Å². The zero-order valence-corrected chi connectivity index (χ0v) is 13.2. The van der Waals surface area contributed by atoms with E-state index in [1.807, 2.05) is 0 Å². The van der Waals surface area contributed by atoms with Gasteiger partial charge in [0.1, 0.15) is 5.82 Å². The molecule has 0 spiro atoms. The third-order valence-corrected chi connectivity index (χ3v) is 3.53. The molecule has 0 saturated heterocycles. The molecule has 0 aliphatic heterocycles. The Labute approximate surface area is 121 Å². The van der Waals surface area contributed by atoms with Crippen molar-refractivity contribution in [2.45, 2.75) is 32.7 Å². The fourth-order valence-electron chi connectivity index (χ4n) is 2.10. The number of aromatic nitrogens is 2. The third-order valence-electron chi connectivity index (χ3n) is 2.67. The monoisotopic (exact) mass is 362 g/mol. The van der Waals surface area contributed by atoms with Crippen LogP contribution in [0.15, 0.2) is 18.2 Å². The highest BCUT2D eigenvalue weighted by Crippen LogP contribution is 2.26. The van der Waals surface area contributed by atoms with Gasteiger partial charge in [-0.3, -0.25) is 0 Å². The number of benzene rings is 1. The summed E-state index contributed by atoms with van der Waals surface area (Å²) in [5, 5.41) is 0. The van der Waals surface area contributed by atoms with E-state index in [0.717, 1.165) is 17.8 Å². The highest BCUT2D eigenvalue weighted by Gasteiger charge is 2.20. The molecule has 0 amide bonds. The lowest BCUT2D eigenvalue weighted by Gasteiger charge is -2.24. The van der Waals surface area contributed by atoms with Crippen LogP contribution >= 0.6 is 34.2 Å². The molecular weight excluding hydrogens is 347 g/mol. The molecule has 2 aromatic rings. The fourth-order valence-corrected chi connectivity index (χ4v) is 2.75. The highest BCUT2D eigenvalue weighted by atomic mass is 127. The number of aryl methyl sites for hydroxylation is 1. The average Bonchev–Trinajstić information content (AvgIpc) is 2.54. The van der Waals surface area contributed by atoms with Crippen molar-refractivity contribution in [3.63, 3.8) is 0 Å². The van der Waals surface area contributed by atoms with E-state index in [1.165, 1.54) is 9.09 Å². The summed E-state index contributed by atoms with van der Waals surface area (Å²) in [5.74, 6) is 1.68. The second-order valence-corrected chi connectivity index (χ2v) is 6.73. The van der Waals surface area contributed by atoms with E-state index < -0.39 is 0 Å². The molecule has 2 nitrogen and oxygen atoms in total. The first-order valence-corrected chi connectivity index (χ1v) is 7.28. The molecule has 0 bridgehead atoms. The van der Waals surface area contributed by atoms with Crippen LogP contribution in [0.4, 0.5) is 0 Å².